The Labute approximate surface area is 158 Å². The first-order valence-corrected chi connectivity index (χ1v) is 8.80. The Morgan fingerprint density at radius 3 is 2.62 bits per heavy atom. The van der Waals surface area contributed by atoms with Crippen molar-refractivity contribution in [3.8, 4) is 0 Å². The van der Waals surface area contributed by atoms with E-state index in [2.05, 4.69) is 15.6 Å². The molecule has 0 unspecified atom stereocenters. The molecule has 132 valence electrons. The van der Waals surface area contributed by atoms with Gasteiger partial charge in [0.1, 0.15) is 5.69 Å². The molecule has 0 bridgehead atoms. The fourth-order valence-electron chi connectivity index (χ4n) is 2.58. The van der Waals surface area contributed by atoms with Crippen LogP contribution in [0.5, 0.6) is 0 Å². The highest BCUT2D eigenvalue weighted by atomic mass is 35.5. The number of nitrogens with zero attached hydrogens (tertiary/aromatic N) is 1. The number of carbonyl (C=O) groups excluding carboxylic acids is 1. The summed E-state index contributed by atoms with van der Waals surface area (Å²) >= 11 is 5.89. The number of hydrogen-bond donors (Lipinski definition) is 2. The maximum Gasteiger partial charge on any atom is 0.274 e. The van der Waals surface area contributed by atoms with Crippen molar-refractivity contribution < 1.29 is 4.79 Å². The average Bonchev–Trinajstić information content (AvgIpc) is 2.64. The molecule has 2 N–H and O–H groups in total. The van der Waals surface area contributed by atoms with E-state index in [1.165, 1.54) is 5.56 Å². The molecule has 0 fully saturated rings. The molecule has 3 aromatic rings. The van der Waals surface area contributed by atoms with Gasteiger partial charge >= 0.3 is 0 Å². The summed E-state index contributed by atoms with van der Waals surface area (Å²) in [6, 6.07) is 19.1. The molecule has 0 saturated heterocycles. The summed E-state index contributed by atoms with van der Waals surface area (Å²) in [5, 5.41) is 6.93. The van der Waals surface area contributed by atoms with Crippen LogP contribution in [0.4, 0.5) is 11.4 Å². The molecule has 1 heterocycles. The largest absolute Gasteiger partial charge is 0.385 e. The van der Waals surface area contributed by atoms with E-state index in [4.69, 9.17) is 11.6 Å². The van der Waals surface area contributed by atoms with Crippen LogP contribution in [0.1, 0.15) is 21.6 Å². The number of hydrogen-bond acceptors (Lipinski definition) is 3. The SMILES string of the molecule is Cc1cccc(NC(=O)c2cc(NCCc3ccc(Cl)cc3)ccn2)c1. The fraction of sp³-hybridized carbons (Fsp3) is 0.143. The monoisotopic (exact) mass is 365 g/mol. The summed E-state index contributed by atoms with van der Waals surface area (Å²) in [6.07, 6.45) is 2.50. The third kappa shape index (κ3) is 5.07. The minimum atomic E-state index is -0.225. The second-order valence-electron chi connectivity index (χ2n) is 6.06. The molecule has 5 heteroatoms. The van der Waals surface area contributed by atoms with Gasteiger partial charge in [-0.05, 0) is 60.9 Å². The van der Waals surface area contributed by atoms with Crippen molar-refractivity contribution >= 4 is 28.9 Å². The Morgan fingerprint density at radius 2 is 1.85 bits per heavy atom. The van der Waals surface area contributed by atoms with E-state index >= 15 is 0 Å². The first kappa shape index (κ1) is 18.0. The highest BCUT2D eigenvalue weighted by Crippen LogP contribution is 2.14. The van der Waals surface area contributed by atoms with Crippen molar-refractivity contribution in [2.45, 2.75) is 13.3 Å². The zero-order chi connectivity index (χ0) is 18.4. The molecule has 4 nitrogen and oxygen atoms in total. The van der Waals surface area contributed by atoms with E-state index in [9.17, 15) is 4.79 Å². The summed E-state index contributed by atoms with van der Waals surface area (Å²) in [4.78, 5) is 16.6. The van der Waals surface area contributed by atoms with Gasteiger partial charge in [-0.25, -0.2) is 0 Å². The van der Waals surface area contributed by atoms with E-state index in [0.29, 0.717) is 5.69 Å². The van der Waals surface area contributed by atoms with Crippen LogP contribution in [0.25, 0.3) is 0 Å². The number of aryl methyl sites for hydroxylation is 1. The zero-order valence-electron chi connectivity index (χ0n) is 14.5. The van der Waals surface area contributed by atoms with Gasteiger partial charge in [0.15, 0.2) is 0 Å². The number of halogens is 1. The molecule has 0 radical (unpaired) electrons. The van der Waals surface area contributed by atoms with Crippen LogP contribution < -0.4 is 10.6 Å². The van der Waals surface area contributed by atoms with Crippen molar-refractivity contribution in [1.82, 2.24) is 4.98 Å². The summed E-state index contributed by atoms with van der Waals surface area (Å²) in [7, 11) is 0. The highest BCUT2D eigenvalue weighted by Gasteiger charge is 2.08. The Kier molecular flexibility index (Phi) is 5.87. The van der Waals surface area contributed by atoms with Crippen molar-refractivity contribution in [2.24, 2.45) is 0 Å². The molecule has 26 heavy (non-hydrogen) atoms. The van der Waals surface area contributed by atoms with Crippen LogP contribution >= 0.6 is 11.6 Å². The maximum absolute atomic E-state index is 12.4. The number of anilines is 2. The lowest BCUT2D eigenvalue weighted by Gasteiger charge is -2.09. The van der Waals surface area contributed by atoms with Crippen molar-refractivity contribution in [3.63, 3.8) is 0 Å². The fourth-order valence-corrected chi connectivity index (χ4v) is 2.71. The molecule has 0 saturated carbocycles. The van der Waals surface area contributed by atoms with Gasteiger partial charge in [-0.3, -0.25) is 9.78 Å². The third-order valence-electron chi connectivity index (χ3n) is 3.92. The molecule has 1 amide bonds. The van der Waals surface area contributed by atoms with E-state index in [-0.39, 0.29) is 5.91 Å². The van der Waals surface area contributed by atoms with Crippen molar-refractivity contribution in [3.05, 3.63) is 88.7 Å². The smallest absolute Gasteiger partial charge is 0.274 e. The van der Waals surface area contributed by atoms with Crippen LogP contribution in [0.2, 0.25) is 5.02 Å². The van der Waals surface area contributed by atoms with E-state index in [1.54, 1.807) is 12.3 Å². The predicted molar refractivity (Wildman–Crippen MR) is 107 cm³/mol. The Hall–Kier alpha value is -2.85. The first-order valence-electron chi connectivity index (χ1n) is 8.42. The average molecular weight is 366 g/mol. The molecule has 3 rings (SSSR count). The van der Waals surface area contributed by atoms with Crippen molar-refractivity contribution in [1.29, 1.82) is 0 Å². The number of carbonyl (C=O) groups is 1. The van der Waals surface area contributed by atoms with Crippen LogP contribution in [-0.4, -0.2) is 17.4 Å². The lowest BCUT2D eigenvalue weighted by molar-refractivity contribution is 0.102. The summed E-state index contributed by atoms with van der Waals surface area (Å²) < 4.78 is 0. The molecule has 0 aliphatic heterocycles. The van der Waals surface area contributed by atoms with Crippen LogP contribution in [-0.2, 0) is 6.42 Å². The highest BCUT2D eigenvalue weighted by molar-refractivity contribution is 6.30. The Morgan fingerprint density at radius 1 is 1.04 bits per heavy atom. The van der Waals surface area contributed by atoms with Gasteiger partial charge in [0.25, 0.3) is 5.91 Å². The molecular formula is C21H20ClN3O. The minimum absolute atomic E-state index is 0.225. The topological polar surface area (TPSA) is 54.0 Å². The van der Waals surface area contributed by atoms with E-state index in [1.807, 2.05) is 61.5 Å². The van der Waals surface area contributed by atoms with Gasteiger partial charge in [0.05, 0.1) is 0 Å². The summed E-state index contributed by atoms with van der Waals surface area (Å²) in [5.41, 5.74) is 4.30. The molecule has 0 aliphatic carbocycles. The number of rotatable bonds is 6. The molecule has 2 aromatic carbocycles. The van der Waals surface area contributed by atoms with E-state index < -0.39 is 0 Å². The molecule has 0 atom stereocenters. The molecule has 1 aromatic heterocycles. The van der Waals surface area contributed by atoms with Crippen molar-refractivity contribution in [2.75, 3.05) is 17.2 Å². The molecule has 0 aliphatic rings. The number of benzene rings is 2. The van der Waals surface area contributed by atoms with Gasteiger partial charge < -0.3 is 10.6 Å². The van der Waals surface area contributed by atoms with Gasteiger partial charge in [0.2, 0.25) is 0 Å². The van der Waals surface area contributed by atoms with Gasteiger partial charge in [0, 0.05) is 29.1 Å². The lowest BCUT2D eigenvalue weighted by atomic mass is 10.1. The number of amides is 1. The maximum atomic E-state index is 12.4. The van der Waals surface area contributed by atoms with Crippen LogP contribution in [0, 0.1) is 6.92 Å². The molecule has 0 spiro atoms. The van der Waals surface area contributed by atoms with E-state index in [0.717, 1.165) is 34.9 Å². The quantitative estimate of drug-likeness (QED) is 0.649. The van der Waals surface area contributed by atoms with Gasteiger partial charge in [-0.15, -0.1) is 0 Å². The first-order chi connectivity index (χ1) is 12.6. The van der Waals surface area contributed by atoms with Crippen LogP contribution in [0.15, 0.2) is 66.9 Å². The summed E-state index contributed by atoms with van der Waals surface area (Å²) in [6.45, 7) is 2.74. The Bertz CT molecular complexity index is 894. The predicted octanol–water partition coefficient (Wildman–Crippen LogP) is 4.95. The zero-order valence-corrected chi connectivity index (χ0v) is 15.3. The number of nitrogens with one attached hydrogen (secondary N) is 2. The number of pyridine rings is 1. The minimum Gasteiger partial charge on any atom is -0.385 e. The normalized spacial score (nSPS) is 10.4. The summed E-state index contributed by atoms with van der Waals surface area (Å²) in [5.74, 6) is -0.225. The number of aromatic nitrogens is 1. The van der Waals surface area contributed by atoms with Crippen LogP contribution in [0.3, 0.4) is 0 Å². The second kappa shape index (κ2) is 8.50. The van der Waals surface area contributed by atoms with Gasteiger partial charge in [-0.1, -0.05) is 35.9 Å². The second-order valence-corrected chi connectivity index (χ2v) is 6.49. The van der Waals surface area contributed by atoms with Gasteiger partial charge in [-0.2, -0.15) is 0 Å². The third-order valence-corrected chi connectivity index (χ3v) is 4.18. The standard InChI is InChI=1S/C21H20ClN3O/c1-15-3-2-4-19(13-15)25-21(26)20-14-18(10-12-24-20)23-11-9-16-5-7-17(22)8-6-16/h2-8,10,12-14H,9,11H2,1H3,(H,23,24)(H,25,26). The lowest BCUT2D eigenvalue weighted by Crippen LogP contribution is -2.14. The molecular weight excluding hydrogens is 346 g/mol. The Balaban J connectivity index is 1.58.